The third-order valence-corrected chi connectivity index (χ3v) is 10.6. The van der Waals surface area contributed by atoms with E-state index in [-0.39, 0.29) is 43.6 Å². The second-order valence-corrected chi connectivity index (χ2v) is 13.4. The molecule has 14 heteroatoms. The van der Waals surface area contributed by atoms with E-state index in [1.165, 1.54) is 25.3 Å². The van der Waals surface area contributed by atoms with Crippen LogP contribution in [0.4, 0.5) is 13.2 Å². The molecular weight excluding hydrogens is 683 g/mol. The molecular formula is C38H38F3N3O8. The molecule has 1 saturated heterocycles. The zero-order chi connectivity index (χ0) is 37.1. The van der Waals surface area contributed by atoms with E-state index in [2.05, 4.69) is 17.0 Å². The largest absolute Gasteiger partial charge is 0.507 e. The Labute approximate surface area is 298 Å². The predicted octanol–water partition coefficient (Wildman–Crippen LogP) is 5.78. The average Bonchev–Trinajstić information content (AvgIpc) is 3.61. The van der Waals surface area contributed by atoms with Crippen LogP contribution in [0.3, 0.4) is 0 Å². The molecule has 4 aliphatic heterocycles. The van der Waals surface area contributed by atoms with E-state index < -0.39 is 35.8 Å². The van der Waals surface area contributed by atoms with Gasteiger partial charge in [-0.1, -0.05) is 18.2 Å². The van der Waals surface area contributed by atoms with E-state index in [1.54, 1.807) is 14.0 Å². The first kappa shape index (κ1) is 35.4. The van der Waals surface area contributed by atoms with Crippen LogP contribution >= 0.6 is 0 Å². The lowest BCUT2D eigenvalue weighted by atomic mass is 9.71. The molecule has 0 aliphatic carbocycles. The van der Waals surface area contributed by atoms with Crippen LogP contribution in [0, 0.1) is 25.2 Å². The Morgan fingerprint density at radius 1 is 1.10 bits per heavy atom. The average molecular weight is 722 g/mol. The Hall–Kier alpha value is -4.97. The molecule has 2 bridgehead atoms. The zero-order valence-electron chi connectivity index (χ0n) is 29.2. The molecule has 1 N–H and O–H groups in total. The molecule has 11 nitrogen and oxygen atoms in total. The molecule has 4 aliphatic rings. The quantitative estimate of drug-likeness (QED) is 0.173. The second-order valence-electron chi connectivity index (χ2n) is 13.4. The number of nitriles is 1. The number of fused-ring (bicyclic) bond motifs is 9. The van der Waals surface area contributed by atoms with Gasteiger partial charge in [-0.05, 0) is 68.6 Å². The number of methoxy groups -OCH3 is 2. The van der Waals surface area contributed by atoms with Gasteiger partial charge < -0.3 is 33.5 Å². The van der Waals surface area contributed by atoms with Gasteiger partial charge in [-0.2, -0.15) is 18.4 Å². The third-order valence-electron chi connectivity index (χ3n) is 10.6. The summed E-state index contributed by atoms with van der Waals surface area (Å²) in [5, 5.41) is 22.5. The first-order valence-corrected chi connectivity index (χ1v) is 16.8. The maximum atomic E-state index is 13.3. The van der Waals surface area contributed by atoms with Crippen molar-refractivity contribution in [1.82, 2.24) is 9.80 Å². The number of likely N-dealkylation sites (N-methyl/N-ethyl adjacent to an activating group) is 1. The van der Waals surface area contributed by atoms with Crippen molar-refractivity contribution in [3.63, 3.8) is 0 Å². The van der Waals surface area contributed by atoms with E-state index in [0.29, 0.717) is 52.5 Å². The number of aryl methyl sites for hydroxylation is 1. The molecule has 3 aromatic rings. The number of carbonyl (C=O) groups excluding carboxylic acids is 1. The van der Waals surface area contributed by atoms with Crippen molar-refractivity contribution >= 4 is 12.0 Å². The normalized spacial score (nSPS) is 23.4. The van der Waals surface area contributed by atoms with Gasteiger partial charge in [0.05, 0.1) is 30.8 Å². The maximum Gasteiger partial charge on any atom is 0.416 e. The van der Waals surface area contributed by atoms with Crippen molar-refractivity contribution < 1.29 is 51.5 Å². The highest BCUT2D eigenvalue weighted by Crippen LogP contribution is 2.58. The van der Waals surface area contributed by atoms with Crippen molar-refractivity contribution in [2.75, 3.05) is 41.5 Å². The van der Waals surface area contributed by atoms with Crippen molar-refractivity contribution in [3.05, 3.63) is 80.9 Å². The summed E-state index contributed by atoms with van der Waals surface area (Å²) in [4.78, 5) is 17.4. The summed E-state index contributed by atoms with van der Waals surface area (Å²) in [6, 6.07) is 6.66. The molecule has 0 spiro atoms. The summed E-state index contributed by atoms with van der Waals surface area (Å²) in [5.41, 5.74) is 3.74. The van der Waals surface area contributed by atoms with Crippen molar-refractivity contribution in [3.8, 4) is 34.8 Å². The summed E-state index contributed by atoms with van der Waals surface area (Å²) in [6.45, 7) is 3.31. The number of piperazine rings is 1. The Kier molecular flexibility index (Phi) is 9.23. The Balaban J connectivity index is 1.32. The number of hydrogen-bond donors (Lipinski definition) is 1. The first-order valence-electron chi connectivity index (χ1n) is 16.8. The van der Waals surface area contributed by atoms with Crippen LogP contribution in [-0.4, -0.2) is 80.5 Å². The van der Waals surface area contributed by atoms with Gasteiger partial charge in [0.1, 0.15) is 18.4 Å². The van der Waals surface area contributed by atoms with Gasteiger partial charge in [0.15, 0.2) is 29.8 Å². The topological polar surface area (TPSA) is 123 Å². The minimum absolute atomic E-state index is 0.0197. The van der Waals surface area contributed by atoms with Gasteiger partial charge in [0, 0.05) is 47.5 Å². The van der Waals surface area contributed by atoms with E-state index >= 15 is 0 Å². The van der Waals surface area contributed by atoms with Crippen molar-refractivity contribution in [2.24, 2.45) is 0 Å². The number of carbonyl (C=O) groups is 1. The molecule has 1 fully saturated rings. The maximum absolute atomic E-state index is 13.3. The zero-order valence-corrected chi connectivity index (χ0v) is 29.2. The molecule has 0 saturated carbocycles. The minimum Gasteiger partial charge on any atom is -0.507 e. The standard InChI is InChI=1S/C38H38F3N3O8/c1-19-11-22-13-25-27(15-42)44-26(32(43(25)3)30(22)36(34(19)48-5)50-17-47-4)14-24-31(37-35(51-18-52-37)20(2)33(24)46)28(44)16-49-29(45)10-9-21-7-6-8-23(12-21)38(39,40)41/h6-12,25-28,32,46H,13-14,16-18H2,1-5H3/t25-,26?,27-,28-,32-/m0/s1. The molecule has 0 radical (unpaired) electrons. The fourth-order valence-electron chi connectivity index (χ4n) is 8.43. The highest BCUT2D eigenvalue weighted by Gasteiger charge is 2.57. The van der Waals surface area contributed by atoms with Gasteiger partial charge in [0.25, 0.3) is 0 Å². The fourth-order valence-corrected chi connectivity index (χ4v) is 8.43. The summed E-state index contributed by atoms with van der Waals surface area (Å²) < 4.78 is 74.8. The number of halogens is 3. The Morgan fingerprint density at radius 3 is 2.58 bits per heavy atom. The van der Waals surface area contributed by atoms with E-state index in [0.717, 1.165) is 34.9 Å². The Bertz CT molecular complexity index is 1990. The molecule has 0 amide bonds. The number of nitrogens with zero attached hydrogens (tertiary/aromatic N) is 3. The SMILES string of the molecule is COCOc1c(OC)c(C)cc2c1[C@@H]1C3Cc4c(O)c(C)c5c(c4[C@H](COC(=O)C=Cc4cccc(C(F)(F)F)c4)N3[C@@H](C#N)[C@H](C2)N1C)OCO5. The molecule has 274 valence electrons. The van der Waals surface area contributed by atoms with E-state index in [1.807, 2.05) is 18.9 Å². The molecule has 3 aromatic carbocycles. The van der Waals surface area contributed by atoms with Crippen molar-refractivity contribution in [1.29, 1.82) is 5.26 Å². The van der Waals surface area contributed by atoms with Gasteiger partial charge in [0.2, 0.25) is 6.79 Å². The number of phenols is 1. The number of rotatable bonds is 8. The number of alkyl halides is 3. The first-order chi connectivity index (χ1) is 24.9. The van der Waals surface area contributed by atoms with Gasteiger partial charge in [-0.3, -0.25) is 9.80 Å². The summed E-state index contributed by atoms with van der Waals surface area (Å²) in [5.74, 6) is 1.10. The molecule has 1 unspecified atom stereocenters. The molecule has 7 rings (SSSR count). The lowest BCUT2D eigenvalue weighted by Crippen LogP contribution is -2.68. The van der Waals surface area contributed by atoms with E-state index in [9.17, 15) is 28.3 Å². The minimum atomic E-state index is -4.54. The van der Waals surface area contributed by atoms with Crippen molar-refractivity contribution in [2.45, 2.75) is 63.1 Å². The number of ether oxygens (including phenoxy) is 6. The lowest BCUT2D eigenvalue weighted by Gasteiger charge is -2.59. The monoisotopic (exact) mass is 721 g/mol. The molecule has 52 heavy (non-hydrogen) atoms. The molecule has 0 aromatic heterocycles. The highest BCUT2D eigenvalue weighted by molar-refractivity contribution is 5.87. The Morgan fingerprint density at radius 2 is 1.87 bits per heavy atom. The van der Waals surface area contributed by atoms with Gasteiger partial charge in [-0.15, -0.1) is 0 Å². The van der Waals surface area contributed by atoms with Crippen LogP contribution in [0.1, 0.15) is 56.6 Å². The number of benzene rings is 3. The molecule has 4 heterocycles. The third kappa shape index (κ3) is 5.77. The van der Waals surface area contributed by atoms with Crippen LogP contribution in [0.25, 0.3) is 6.08 Å². The van der Waals surface area contributed by atoms with E-state index in [4.69, 9.17) is 28.4 Å². The highest BCUT2D eigenvalue weighted by atomic mass is 19.4. The second kappa shape index (κ2) is 13.5. The van der Waals surface area contributed by atoms with Crippen LogP contribution in [-0.2, 0) is 33.3 Å². The molecule has 5 atom stereocenters. The summed E-state index contributed by atoms with van der Waals surface area (Å²) >= 11 is 0. The van der Waals surface area contributed by atoms with Crippen LogP contribution in [0.2, 0.25) is 0 Å². The number of aromatic hydroxyl groups is 1. The summed E-state index contributed by atoms with van der Waals surface area (Å²) in [6.07, 6.45) is -1.40. The van der Waals surface area contributed by atoms with Crippen LogP contribution in [0.15, 0.2) is 36.4 Å². The predicted molar refractivity (Wildman–Crippen MR) is 180 cm³/mol. The number of phenolic OH excluding ortho intramolecular Hbond substituents is 1. The van der Waals surface area contributed by atoms with Crippen LogP contribution < -0.4 is 18.9 Å². The fraction of sp³-hybridized carbons (Fsp3) is 0.421. The van der Waals surface area contributed by atoms with Gasteiger partial charge >= 0.3 is 12.1 Å². The lowest BCUT2D eigenvalue weighted by molar-refractivity contribution is -0.143. The number of hydrogen-bond acceptors (Lipinski definition) is 11. The van der Waals surface area contributed by atoms with Crippen LogP contribution in [0.5, 0.6) is 28.7 Å². The number of esters is 1. The summed E-state index contributed by atoms with van der Waals surface area (Å²) in [7, 11) is 5.08. The van der Waals surface area contributed by atoms with Gasteiger partial charge in [-0.25, -0.2) is 4.79 Å². The smallest absolute Gasteiger partial charge is 0.416 e.